The van der Waals surface area contributed by atoms with E-state index < -0.39 is 0 Å². The standard InChI is InChI=1S/C17H14N2O3S2/c1-2-21-16(20)13-10-6-7-11-14(13)23-24-17-19-18-15(22-17)12-8-4-3-5-9-12/h3-11H,2H2,1H3. The summed E-state index contributed by atoms with van der Waals surface area (Å²) in [5.74, 6) is 0.133. The van der Waals surface area contributed by atoms with Crippen molar-refractivity contribution in [2.45, 2.75) is 17.0 Å². The molecule has 7 heteroatoms. The molecule has 2 aromatic carbocycles. The molecule has 3 aromatic rings. The first-order valence-electron chi connectivity index (χ1n) is 7.27. The third kappa shape index (κ3) is 3.98. The lowest BCUT2D eigenvalue weighted by Gasteiger charge is -2.06. The first-order valence-corrected chi connectivity index (χ1v) is 9.42. The molecular weight excluding hydrogens is 344 g/mol. The van der Waals surface area contributed by atoms with E-state index in [0.717, 1.165) is 10.5 Å². The van der Waals surface area contributed by atoms with Crippen LogP contribution < -0.4 is 0 Å². The largest absolute Gasteiger partial charge is 0.462 e. The Morgan fingerprint density at radius 1 is 1.04 bits per heavy atom. The maximum atomic E-state index is 12.0. The van der Waals surface area contributed by atoms with Crippen molar-refractivity contribution in [2.75, 3.05) is 6.61 Å². The van der Waals surface area contributed by atoms with Crippen LogP contribution in [0, 0.1) is 0 Å². The van der Waals surface area contributed by atoms with E-state index in [1.807, 2.05) is 42.5 Å². The highest BCUT2D eigenvalue weighted by Crippen LogP contribution is 2.39. The minimum absolute atomic E-state index is 0.336. The van der Waals surface area contributed by atoms with Crippen molar-refractivity contribution in [3.63, 3.8) is 0 Å². The van der Waals surface area contributed by atoms with Gasteiger partial charge in [-0.2, -0.15) is 0 Å². The van der Waals surface area contributed by atoms with Crippen LogP contribution in [0.2, 0.25) is 0 Å². The Kier molecular flexibility index (Phi) is 5.55. The Morgan fingerprint density at radius 2 is 1.79 bits per heavy atom. The predicted molar refractivity (Wildman–Crippen MR) is 93.8 cm³/mol. The molecule has 0 radical (unpaired) electrons. The van der Waals surface area contributed by atoms with Crippen LogP contribution >= 0.6 is 21.6 Å². The predicted octanol–water partition coefficient (Wildman–Crippen LogP) is 4.71. The maximum Gasteiger partial charge on any atom is 0.339 e. The first kappa shape index (κ1) is 16.6. The topological polar surface area (TPSA) is 65.2 Å². The lowest BCUT2D eigenvalue weighted by molar-refractivity contribution is 0.0522. The van der Waals surface area contributed by atoms with Gasteiger partial charge < -0.3 is 9.15 Å². The number of hydrogen-bond acceptors (Lipinski definition) is 7. The maximum absolute atomic E-state index is 12.0. The van der Waals surface area contributed by atoms with Crippen molar-refractivity contribution < 1.29 is 13.9 Å². The molecule has 0 aliphatic rings. The molecule has 1 heterocycles. The highest BCUT2D eigenvalue weighted by atomic mass is 33.1. The summed E-state index contributed by atoms with van der Waals surface area (Å²) in [5, 5.41) is 8.50. The molecule has 0 fully saturated rings. The molecule has 0 saturated heterocycles. The molecule has 3 rings (SSSR count). The summed E-state index contributed by atoms with van der Waals surface area (Å²) in [6.45, 7) is 2.13. The second kappa shape index (κ2) is 8.03. The fourth-order valence-electron chi connectivity index (χ4n) is 1.94. The summed E-state index contributed by atoms with van der Waals surface area (Å²) in [6.07, 6.45) is 0. The van der Waals surface area contributed by atoms with Gasteiger partial charge in [0.1, 0.15) is 0 Å². The monoisotopic (exact) mass is 358 g/mol. The van der Waals surface area contributed by atoms with E-state index in [9.17, 15) is 4.79 Å². The summed E-state index contributed by atoms with van der Waals surface area (Å²) in [6, 6.07) is 16.8. The fourth-order valence-corrected chi connectivity index (χ4v) is 3.78. The van der Waals surface area contributed by atoms with Crippen molar-refractivity contribution >= 4 is 27.6 Å². The van der Waals surface area contributed by atoms with Crippen molar-refractivity contribution in [1.29, 1.82) is 0 Å². The van der Waals surface area contributed by atoms with Gasteiger partial charge in [-0.05, 0) is 42.0 Å². The zero-order valence-electron chi connectivity index (χ0n) is 12.8. The second-order valence-electron chi connectivity index (χ2n) is 4.62. The summed E-state index contributed by atoms with van der Waals surface area (Å²) in [5.41, 5.74) is 1.40. The van der Waals surface area contributed by atoms with Crippen molar-refractivity contribution in [2.24, 2.45) is 0 Å². The number of ether oxygens (including phenoxy) is 1. The molecule has 5 nitrogen and oxygen atoms in total. The van der Waals surface area contributed by atoms with E-state index in [0.29, 0.717) is 23.3 Å². The number of rotatable bonds is 6. The number of carbonyl (C=O) groups is 1. The number of benzene rings is 2. The average molecular weight is 358 g/mol. The molecule has 0 amide bonds. The Balaban J connectivity index is 1.71. The summed E-state index contributed by atoms with van der Waals surface area (Å²) >= 11 is 0. The Bertz CT molecular complexity index is 821. The van der Waals surface area contributed by atoms with Gasteiger partial charge >= 0.3 is 5.97 Å². The quantitative estimate of drug-likeness (QED) is 0.467. The van der Waals surface area contributed by atoms with Gasteiger partial charge in [0.05, 0.1) is 12.2 Å². The lowest BCUT2D eigenvalue weighted by atomic mass is 10.2. The van der Waals surface area contributed by atoms with Gasteiger partial charge in [0, 0.05) is 21.3 Å². The average Bonchev–Trinajstić information content (AvgIpc) is 3.10. The Morgan fingerprint density at radius 3 is 2.58 bits per heavy atom. The normalized spacial score (nSPS) is 10.5. The van der Waals surface area contributed by atoms with Crippen molar-refractivity contribution in [1.82, 2.24) is 10.2 Å². The van der Waals surface area contributed by atoms with Gasteiger partial charge in [-0.1, -0.05) is 35.4 Å². The Labute approximate surface area is 147 Å². The van der Waals surface area contributed by atoms with E-state index in [1.54, 1.807) is 19.1 Å². The number of hydrogen-bond donors (Lipinski definition) is 0. The van der Waals surface area contributed by atoms with Gasteiger partial charge in [0.2, 0.25) is 5.89 Å². The van der Waals surface area contributed by atoms with Gasteiger partial charge in [0.15, 0.2) is 0 Å². The molecule has 0 unspecified atom stereocenters. The fraction of sp³-hybridized carbons (Fsp3) is 0.118. The van der Waals surface area contributed by atoms with Crippen LogP contribution in [0.3, 0.4) is 0 Å². The zero-order chi connectivity index (χ0) is 16.8. The smallest absolute Gasteiger partial charge is 0.339 e. The number of esters is 1. The summed E-state index contributed by atoms with van der Waals surface area (Å²) in [7, 11) is 2.69. The summed E-state index contributed by atoms with van der Waals surface area (Å²) in [4.78, 5) is 12.8. The molecule has 1 aromatic heterocycles. The van der Waals surface area contributed by atoms with Crippen LogP contribution in [0.5, 0.6) is 0 Å². The van der Waals surface area contributed by atoms with Crippen LogP contribution in [-0.2, 0) is 4.74 Å². The second-order valence-corrected chi connectivity index (χ2v) is 6.74. The highest BCUT2D eigenvalue weighted by molar-refractivity contribution is 8.76. The number of nitrogens with zero attached hydrogens (tertiary/aromatic N) is 2. The third-order valence-electron chi connectivity index (χ3n) is 3.01. The Hall–Kier alpha value is -2.25. The van der Waals surface area contributed by atoms with E-state index in [1.165, 1.54) is 21.6 Å². The van der Waals surface area contributed by atoms with E-state index in [4.69, 9.17) is 9.15 Å². The number of carbonyl (C=O) groups excluding carboxylic acids is 1. The molecule has 0 saturated carbocycles. The third-order valence-corrected chi connectivity index (χ3v) is 5.16. The molecule has 0 spiro atoms. The van der Waals surface area contributed by atoms with Crippen molar-refractivity contribution in [3.05, 3.63) is 60.2 Å². The zero-order valence-corrected chi connectivity index (χ0v) is 14.5. The molecule has 0 aliphatic carbocycles. The van der Waals surface area contributed by atoms with Crippen LogP contribution in [-0.4, -0.2) is 22.8 Å². The molecule has 0 bridgehead atoms. The molecule has 0 N–H and O–H groups in total. The van der Waals surface area contributed by atoms with Gasteiger partial charge in [-0.15, -0.1) is 5.10 Å². The van der Waals surface area contributed by atoms with Crippen LogP contribution in [0.25, 0.3) is 11.5 Å². The molecule has 24 heavy (non-hydrogen) atoms. The van der Waals surface area contributed by atoms with Gasteiger partial charge in [0.25, 0.3) is 5.22 Å². The van der Waals surface area contributed by atoms with Gasteiger partial charge in [-0.25, -0.2) is 4.79 Å². The van der Waals surface area contributed by atoms with Crippen LogP contribution in [0.4, 0.5) is 0 Å². The minimum atomic E-state index is -0.336. The first-order chi connectivity index (χ1) is 11.8. The SMILES string of the molecule is CCOC(=O)c1ccccc1SSc1nnc(-c2ccccc2)o1. The van der Waals surface area contributed by atoms with Crippen LogP contribution in [0.1, 0.15) is 17.3 Å². The van der Waals surface area contributed by atoms with Crippen LogP contribution in [0.15, 0.2) is 69.1 Å². The molecule has 122 valence electrons. The van der Waals surface area contributed by atoms with E-state index >= 15 is 0 Å². The highest BCUT2D eigenvalue weighted by Gasteiger charge is 2.15. The number of aromatic nitrogens is 2. The van der Waals surface area contributed by atoms with Gasteiger partial charge in [-0.3, -0.25) is 0 Å². The lowest BCUT2D eigenvalue weighted by Crippen LogP contribution is -2.05. The molecule has 0 atom stereocenters. The summed E-state index contributed by atoms with van der Waals surface area (Å²) < 4.78 is 10.7. The minimum Gasteiger partial charge on any atom is -0.462 e. The van der Waals surface area contributed by atoms with E-state index in [-0.39, 0.29) is 5.97 Å². The van der Waals surface area contributed by atoms with Crippen molar-refractivity contribution in [3.8, 4) is 11.5 Å². The molecule has 0 aliphatic heterocycles. The van der Waals surface area contributed by atoms with E-state index in [2.05, 4.69) is 10.2 Å². The molecular formula is C17H14N2O3S2.